The Morgan fingerprint density at radius 2 is 2.11 bits per heavy atom. The topological polar surface area (TPSA) is 49.3 Å². The number of hydrogen-bond acceptors (Lipinski definition) is 2. The first-order valence-corrected chi connectivity index (χ1v) is 5.94. The van der Waals surface area contributed by atoms with Gasteiger partial charge in [0.25, 0.3) is 0 Å². The molecule has 0 aliphatic heterocycles. The van der Waals surface area contributed by atoms with Crippen LogP contribution in [0, 0.1) is 0 Å². The fourth-order valence-corrected chi connectivity index (χ4v) is 2.71. The molecule has 0 fully saturated rings. The molecule has 0 heterocycles. The highest BCUT2D eigenvalue weighted by Crippen LogP contribution is 2.42. The Bertz CT molecular complexity index is 490. The monoisotopic (exact) mass is 323 g/mol. The number of halogens is 4. The highest BCUT2D eigenvalue weighted by atomic mass is 79.9. The van der Waals surface area contributed by atoms with Crippen LogP contribution in [0.5, 0.6) is 0 Å². The molecule has 18 heavy (non-hydrogen) atoms. The molecule has 98 valence electrons. The number of hydrogen-bond donors (Lipinski definition) is 2. The van der Waals surface area contributed by atoms with Crippen molar-refractivity contribution in [1.82, 2.24) is 5.32 Å². The largest absolute Gasteiger partial charge is 0.471 e. The van der Waals surface area contributed by atoms with Crippen LogP contribution in [0.4, 0.5) is 13.2 Å². The van der Waals surface area contributed by atoms with Crippen LogP contribution in [0.15, 0.2) is 22.7 Å². The molecule has 0 unspecified atom stereocenters. The lowest BCUT2D eigenvalue weighted by molar-refractivity contribution is -0.174. The van der Waals surface area contributed by atoms with E-state index >= 15 is 0 Å². The summed E-state index contributed by atoms with van der Waals surface area (Å²) in [6.45, 7) is 0. The minimum atomic E-state index is -4.92. The van der Waals surface area contributed by atoms with Crippen LogP contribution in [0.25, 0.3) is 0 Å². The zero-order valence-electron chi connectivity index (χ0n) is 8.96. The maximum atomic E-state index is 12.2. The van der Waals surface area contributed by atoms with Gasteiger partial charge in [0.15, 0.2) is 0 Å². The summed E-state index contributed by atoms with van der Waals surface area (Å²) < 4.78 is 37.1. The highest BCUT2D eigenvalue weighted by molar-refractivity contribution is 9.10. The van der Waals surface area contributed by atoms with Crippen LogP contribution >= 0.6 is 15.9 Å². The summed E-state index contributed by atoms with van der Waals surface area (Å²) in [5.41, 5.74) is 1.04. The van der Waals surface area contributed by atoms with Gasteiger partial charge in [-0.25, -0.2) is 0 Å². The van der Waals surface area contributed by atoms with Crippen molar-refractivity contribution in [3.05, 3.63) is 33.8 Å². The molecule has 0 bridgehead atoms. The number of carbonyl (C=O) groups is 1. The van der Waals surface area contributed by atoms with Crippen molar-refractivity contribution in [3.63, 3.8) is 0 Å². The van der Waals surface area contributed by atoms with E-state index in [1.807, 2.05) is 5.32 Å². The van der Waals surface area contributed by atoms with E-state index in [9.17, 15) is 23.1 Å². The molecule has 7 heteroatoms. The van der Waals surface area contributed by atoms with Gasteiger partial charge in [0.05, 0.1) is 12.1 Å². The van der Waals surface area contributed by atoms with Crippen molar-refractivity contribution in [1.29, 1.82) is 0 Å². The average Bonchev–Trinajstić information content (AvgIpc) is 2.56. The first-order valence-electron chi connectivity index (χ1n) is 5.14. The Labute approximate surface area is 109 Å². The van der Waals surface area contributed by atoms with E-state index in [-0.39, 0.29) is 6.42 Å². The second-order valence-corrected chi connectivity index (χ2v) is 4.87. The lowest BCUT2D eigenvalue weighted by Gasteiger charge is -2.16. The molecular weight excluding hydrogens is 315 g/mol. The maximum absolute atomic E-state index is 12.2. The molecule has 2 atom stereocenters. The summed E-state index contributed by atoms with van der Waals surface area (Å²) in [7, 11) is 0. The van der Waals surface area contributed by atoms with E-state index < -0.39 is 24.2 Å². The predicted molar refractivity (Wildman–Crippen MR) is 60.7 cm³/mol. The van der Waals surface area contributed by atoms with Crippen molar-refractivity contribution >= 4 is 21.8 Å². The quantitative estimate of drug-likeness (QED) is 0.834. The molecule has 1 aliphatic rings. The van der Waals surface area contributed by atoms with Crippen LogP contribution in [0.2, 0.25) is 0 Å². The Kier molecular flexibility index (Phi) is 3.37. The predicted octanol–water partition coefficient (Wildman–Crippen LogP) is 2.61. The Balaban J connectivity index is 2.27. The number of fused-ring (bicyclic) bond motifs is 1. The van der Waals surface area contributed by atoms with Crippen molar-refractivity contribution in [3.8, 4) is 0 Å². The molecule has 2 rings (SSSR count). The number of benzene rings is 1. The Hall–Kier alpha value is -1.08. The first kappa shape index (κ1) is 13.4. The number of carbonyl (C=O) groups excluding carboxylic acids is 1. The molecule has 1 aromatic carbocycles. The third-order valence-corrected chi connectivity index (χ3v) is 3.51. The third kappa shape index (κ3) is 2.37. The lowest BCUT2D eigenvalue weighted by atomic mass is 10.1. The van der Waals surface area contributed by atoms with E-state index in [1.165, 1.54) is 0 Å². The van der Waals surface area contributed by atoms with Crippen LogP contribution in [0.3, 0.4) is 0 Å². The zero-order valence-corrected chi connectivity index (χ0v) is 10.5. The van der Waals surface area contributed by atoms with Crippen molar-refractivity contribution < 1.29 is 23.1 Å². The zero-order chi connectivity index (χ0) is 13.5. The van der Waals surface area contributed by atoms with Gasteiger partial charge in [0.1, 0.15) is 0 Å². The summed E-state index contributed by atoms with van der Waals surface area (Å²) in [4.78, 5) is 10.9. The number of aliphatic hydroxyl groups excluding tert-OH is 1. The average molecular weight is 324 g/mol. The molecular formula is C11H9BrF3NO2. The third-order valence-electron chi connectivity index (χ3n) is 2.82. The second-order valence-electron chi connectivity index (χ2n) is 4.02. The van der Waals surface area contributed by atoms with Gasteiger partial charge >= 0.3 is 12.1 Å². The standard InChI is InChI=1S/C11H9BrF3NO2/c12-6-3-1-2-5-8(17)4-7(9(5)6)16-10(18)11(13,14)15/h1-3,7-8,17H,4H2,(H,16,18)/t7-,8-/m1/s1. The van der Waals surface area contributed by atoms with Gasteiger partial charge in [-0.05, 0) is 17.2 Å². The normalized spacial score (nSPS) is 22.7. The van der Waals surface area contributed by atoms with Gasteiger partial charge in [0.2, 0.25) is 0 Å². The van der Waals surface area contributed by atoms with Crippen molar-refractivity contribution in [2.24, 2.45) is 0 Å². The minimum absolute atomic E-state index is 0.0414. The van der Waals surface area contributed by atoms with Crippen LogP contribution in [-0.4, -0.2) is 17.2 Å². The molecule has 0 saturated heterocycles. The van der Waals surface area contributed by atoms with Crippen molar-refractivity contribution in [2.75, 3.05) is 0 Å². The van der Waals surface area contributed by atoms with Crippen LogP contribution in [0.1, 0.15) is 29.7 Å². The van der Waals surface area contributed by atoms with E-state index in [0.717, 1.165) is 0 Å². The summed E-state index contributed by atoms with van der Waals surface area (Å²) in [6.07, 6.45) is -5.75. The number of nitrogens with one attached hydrogen (secondary N) is 1. The minimum Gasteiger partial charge on any atom is -0.388 e. The summed E-state index contributed by atoms with van der Waals surface area (Å²) in [5.74, 6) is -2.00. The SMILES string of the molecule is O=C(N[C@@H]1C[C@@H](O)c2cccc(Br)c21)C(F)(F)F. The second kappa shape index (κ2) is 4.55. The lowest BCUT2D eigenvalue weighted by Crippen LogP contribution is -2.38. The Morgan fingerprint density at radius 1 is 1.44 bits per heavy atom. The Morgan fingerprint density at radius 3 is 2.72 bits per heavy atom. The summed E-state index contributed by atoms with van der Waals surface area (Å²) in [5, 5.41) is 11.6. The molecule has 0 saturated carbocycles. The highest BCUT2D eigenvalue weighted by Gasteiger charge is 2.42. The van der Waals surface area contributed by atoms with Crippen molar-refractivity contribution in [2.45, 2.75) is 24.7 Å². The molecule has 0 aromatic heterocycles. The number of aliphatic hydroxyl groups is 1. The van der Waals surface area contributed by atoms with E-state index in [0.29, 0.717) is 15.6 Å². The van der Waals surface area contributed by atoms with Gasteiger partial charge < -0.3 is 10.4 Å². The van der Waals surface area contributed by atoms with E-state index in [1.54, 1.807) is 18.2 Å². The molecule has 2 N–H and O–H groups in total. The molecule has 0 radical (unpaired) electrons. The number of alkyl halides is 3. The molecule has 3 nitrogen and oxygen atoms in total. The summed E-state index contributed by atoms with van der Waals surface area (Å²) >= 11 is 3.21. The molecule has 1 amide bonds. The van der Waals surface area contributed by atoms with Crippen LogP contribution in [-0.2, 0) is 4.79 Å². The number of rotatable bonds is 1. The molecule has 0 spiro atoms. The van der Waals surface area contributed by atoms with Gasteiger partial charge in [-0.2, -0.15) is 13.2 Å². The molecule has 1 aromatic rings. The number of amides is 1. The van der Waals surface area contributed by atoms with Gasteiger partial charge in [-0.1, -0.05) is 28.1 Å². The van der Waals surface area contributed by atoms with Gasteiger partial charge in [-0.3, -0.25) is 4.79 Å². The smallest absolute Gasteiger partial charge is 0.388 e. The molecule has 1 aliphatic carbocycles. The van der Waals surface area contributed by atoms with Crippen LogP contribution < -0.4 is 5.32 Å². The van der Waals surface area contributed by atoms with E-state index in [2.05, 4.69) is 15.9 Å². The first-order chi connectivity index (χ1) is 8.30. The summed E-state index contributed by atoms with van der Waals surface area (Å²) in [6, 6.07) is 4.13. The van der Waals surface area contributed by atoms with Gasteiger partial charge in [-0.15, -0.1) is 0 Å². The van der Waals surface area contributed by atoms with E-state index in [4.69, 9.17) is 0 Å². The fraction of sp³-hybridized carbons (Fsp3) is 0.364. The van der Waals surface area contributed by atoms with Gasteiger partial charge in [0, 0.05) is 10.9 Å². The maximum Gasteiger partial charge on any atom is 0.471 e. The fourth-order valence-electron chi connectivity index (χ4n) is 2.05.